The molecular formula is C33H29F3NO5+. The summed E-state index contributed by atoms with van der Waals surface area (Å²) >= 11 is 0. The van der Waals surface area contributed by atoms with Crippen LogP contribution < -0.4 is 19.8 Å². The number of nitrogens with one attached hydrogen (secondary N) is 1. The molecule has 4 aromatic carbocycles. The number of hydrogen-bond acceptors (Lipinski definition) is 5. The van der Waals surface area contributed by atoms with Crippen molar-refractivity contribution in [3.8, 4) is 23.0 Å². The molecule has 216 valence electrons. The Morgan fingerprint density at radius 3 is 1.93 bits per heavy atom. The fourth-order valence-electron chi connectivity index (χ4n) is 4.86. The molecule has 5 aromatic rings. The number of halogens is 3. The van der Waals surface area contributed by atoms with Gasteiger partial charge in [0, 0.05) is 11.1 Å². The van der Waals surface area contributed by atoms with Crippen LogP contribution in [0, 0.1) is 0 Å². The van der Waals surface area contributed by atoms with E-state index >= 15 is 0 Å². The zero-order chi connectivity index (χ0) is 29.7. The summed E-state index contributed by atoms with van der Waals surface area (Å²) in [5, 5.41) is 10.7. The van der Waals surface area contributed by atoms with Gasteiger partial charge in [0.2, 0.25) is 11.2 Å². The van der Waals surface area contributed by atoms with E-state index in [1.807, 2.05) is 60.7 Å². The van der Waals surface area contributed by atoms with Crippen LogP contribution in [0.1, 0.15) is 29.4 Å². The lowest BCUT2D eigenvalue weighted by Crippen LogP contribution is -3.08. The van der Waals surface area contributed by atoms with Gasteiger partial charge in [-0.15, -0.1) is 0 Å². The highest BCUT2D eigenvalue weighted by atomic mass is 19.4. The van der Waals surface area contributed by atoms with E-state index in [1.165, 1.54) is 24.3 Å². The molecule has 0 amide bonds. The summed E-state index contributed by atoms with van der Waals surface area (Å²) < 4.78 is 59.6. The molecule has 0 aliphatic carbocycles. The molecule has 0 aliphatic rings. The predicted molar refractivity (Wildman–Crippen MR) is 152 cm³/mol. The molecule has 9 heteroatoms. The Balaban J connectivity index is 1.62. The van der Waals surface area contributed by atoms with Crippen LogP contribution >= 0.6 is 0 Å². The first-order chi connectivity index (χ1) is 20.2. The third kappa shape index (κ3) is 6.42. The van der Waals surface area contributed by atoms with Gasteiger partial charge in [-0.05, 0) is 31.2 Å². The van der Waals surface area contributed by atoms with Crippen molar-refractivity contribution in [2.75, 3.05) is 6.61 Å². The van der Waals surface area contributed by atoms with E-state index in [9.17, 15) is 23.1 Å². The Bertz CT molecular complexity index is 1680. The molecule has 0 aliphatic heterocycles. The lowest BCUT2D eigenvalue weighted by molar-refractivity contribution is -0.941. The van der Waals surface area contributed by atoms with Crippen LogP contribution in [0.3, 0.4) is 0 Å². The highest BCUT2D eigenvalue weighted by Crippen LogP contribution is 2.41. The summed E-state index contributed by atoms with van der Waals surface area (Å²) in [6.45, 7) is 3.07. The number of phenolic OH excluding ortho intramolecular Hbond substituents is 1. The number of aromatic hydroxyl groups is 1. The molecule has 0 fully saturated rings. The molecule has 5 rings (SSSR count). The van der Waals surface area contributed by atoms with Crippen LogP contribution in [-0.4, -0.2) is 11.7 Å². The smallest absolute Gasteiger partial charge is 0.453 e. The second kappa shape index (κ2) is 12.4. The lowest BCUT2D eigenvalue weighted by Gasteiger charge is -2.21. The minimum Gasteiger partial charge on any atom is -0.507 e. The Labute approximate surface area is 240 Å². The number of phenols is 1. The van der Waals surface area contributed by atoms with Gasteiger partial charge in [-0.25, -0.2) is 0 Å². The molecular weight excluding hydrogens is 547 g/mol. The van der Waals surface area contributed by atoms with Gasteiger partial charge in [0.05, 0.1) is 17.6 Å². The number of quaternary nitrogens is 1. The van der Waals surface area contributed by atoms with Gasteiger partial charge in [0.1, 0.15) is 25.4 Å². The van der Waals surface area contributed by atoms with Crippen molar-refractivity contribution in [3.05, 3.63) is 130 Å². The van der Waals surface area contributed by atoms with Crippen molar-refractivity contribution in [2.45, 2.75) is 32.7 Å². The normalized spacial score (nSPS) is 11.6. The maximum Gasteiger partial charge on any atom is 0.453 e. The van der Waals surface area contributed by atoms with Gasteiger partial charge in [-0.3, -0.25) is 4.79 Å². The molecule has 0 unspecified atom stereocenters. The molecule has 1 aromatic heterocycles. The van der Waals surface area contributed by atoms with E-state index in [1.54, 1.807) is 19.1 Å². The third-order valence-electron chi connectivity index (χ3n) is 6.74. The number of para-hydroxylation sites is 2. The first-order valence-corrected chi connectivity index (χ1v) is 13.4. The van der Waals surface area contributed by atoms with Crippen LogP contribution in [0.25, 0.3) is 11.0 Å². The first kappa shape index (κ1) is 28.8. The van der Waals surface area contributed by atoms with Gasteiger partial charge in [0.15, 0.2) is 17.1 Å². The van der Waals surface area contributed by atoms with E-state index in [0.717, 1.165) is 16.0 Å². The molecule has 0 saturated carbocycles. The number of hydrogen-bond donors (Lipinski definition) is 2. The Morgan fingerprint density at radius 2 is 1.36 bits per heavy atom. The fourth-order valence-corrected chi connectivity index (χ4v) is 4.86. The van der Waals surface area contributed by atoms with E-state index in [2.05, 4.69) is 0 Å². The summed E-state index contributed by atoms with van der Waals surface area (Å²) in [5.74, 6) is -2.74. The number of fused-ring (bicyclic) bond motifs is 1. The van der Waals surface area contributed by atoms with Crippen LogP contribution in [0.5, 0.6) is 23.0 Å². The number of ether oxygens (including phenoxy) is 2. The number of alkyl halides is 3. The molecule has 0 saturated heterocycles. The Morgan fingerprint density at radius 1 is 0.786 bits per heavy atom. The monoisotopic (exact) mass is 576 g/mol. The average Bonchev–Trinajstić information content (AvgIpc) is 2.97. The summed E-state index contributed by atoms with van der Waals surface area (Å²) in [5.41, 5.74) is 0.756. The van der Waals surface area contributed by atoms with Crippen molar-refractivity contribution >= 4 is 11.0 Å². The maximum absolute atomic E-state index is 14.4. The van der Waals surface area contributed by atoms with E-state index < -0.39 is 23.1 Å². The molecule has 0 bridgehead atoms. The van der Waals surface area contributed by atoms with E-state index in [0.29, 0.717) is 13.1 Å². The van der Waals surface area contributed by atoms with E-state index in [-0.39, 0.29) is 46.9 Å². The largest absolute Gasteiger partial charge is 0.507 e. The predicted octanol–water partition coefficient (Wildman–Crippen LogP) is 6.49. The highest BCUT2D eigenvalue weighted by molar-refractivity contribution is 5.83. The topological polar surface area (TPSA) is 73.3 Å². The van der Waals surface area contributed by atoms with Crippen LogP contribution in [0.15, 0.2) is 106 Å². The van der Waals surface area contributed by atoms with Crippen molar-refractivity contribution in [1.82, 2.24) is 0 Å². The lowest BCUT2D eigenvalue weighted by atomic mass is 10.1. The SMILES string of the molecule is CCOc1ccccc1Oc1c(C(F)(F)F)oc2c(C[NH+](Cc3ccccc3)Cc3ccccc3)c(O)ccc2c1=O. The first-order valence-electron chi connectivity index (χ1n) is 13.4. The highest BCUT2D eigenvalue weighted by Gasteiger charge is 2.41. The molecule has 2 N–H and O–H groups in total. The number of benzene rings is 4. The second-order valence-corrected chi connectivity index (χ2v) is 9.76. The molecule has 6 nitrogen and oxygen atoms in total. The standard InChI is InChI=1S/C33H28F3NO5/c1-2-40-27-15-9-10-16-28(27)41-31-29(39)24-17-18-26(38)25(30(24)42-32(31)33(34,35)36)21-37(19-22-11-5-3-6-12-22)20-23-13-7-4-8-14-23/h3-18,38H,2,19-21H2,1H3/p+1. The number of rotatable bonds is 10. The Hall–Kier alpha value is -4.76. The van der Waals surface area contributed by atoms with Gasteiger partial charge >= 0.3 is 6.18 Å². The van der Waals surface area contributed by atoms with Gasteiger partial charge in [-0.1, -0.05) is 72.8 Å². The van der Waals surface area contributed by atoms with Crippen molar-refractivity contribution < 1.29 is 37.1 Å². The summed E-state index contributed by atoms with van der Waals surface area (Å²) in [6.07, 6.45) is -5.06. The molecule has 1 heterocycles. The van der Waals surface area contributed by atoms with Crippen LogP contribution in [-0.2, 0) is 25.8 Å². The van der Waals surface area contributed by atoms with Crippen molar-refractivity contribution in [3.63, 3.8) is 0 Å². The van der Waals surface area contributed by atoms with Crippen LogP contribution in [0.2, 0.25) is 0 Å². The van der Waals surface area contributed by atoms with Gasteiger partial charge < -0.3 is 23.9 Å². The minimum atomic E-state index is -5.06. The molecule has 0 spiro atoms. The molecule has 42 heavy (non-hydrogen) atoms. The quantitative estimate of drug-likeness (QED) is 0.199. The van der Waals surface area contributed by atoms with Crippen LogP contribution in [0.4, 0.5) is 13.2 Å². The molecule has 0 radical (unpaired) electrons. The zero-order valence-electron chi connectivity index (χ0n) is 22.8. The molecule has 0 atom stereocenters. The minimum absolute atomic E-state index is 0.0585. The maximum atomic E-state index is 14.4. The van der Waals surface area contributed by atoms with Gasteiger partial charge in [-0.2, -0.15) is 13.2 Å². The summed E-state index contributed by atoms with van der Waals surface area (Å²) in [6, 6.07) is 27.9. The average molecular weight is 577 g/mol. The summed E-state index contributed by atoms with van der Waals surface area (Å²) in [4.78, 5) is 14.5. The zero-order valence-corrected chi connectivity index (χ0v) is 22.8. The van der Waals surface area contributed by atoms with Crippen molar-refractivity contribution in [2.24, 2.45) is 0 Å². The van der Waals surface area contributed by atoms with E-state index in [4.69, 9.17) is 13.9 Å². The third-order valence-corrected chi connectivity index (χ3v) is 6.74. The Kier molecular flexibility index (Phi) is 8.49. The van der Waals surface area contributed by atoms with Crippen molar-refractivity contribution in [1.29, 1.82) is 0 Å². The fraction of sp³-hybridized carbons (Fsp3) is 0.182. The second-order valence-electron chi connectivity index (χ2n) is 9.76. The van der Waals surface area contributed by atoms with Gasteiger partial charge in [0.25, 0.3) is 5.76 Å². The summed E-state index contributed by atoms with van der Waals surface area (Å²) in [7, 11) is 0.